The van der Waals surface area contributed by atoms with E-state index in [9.17, 15) is 4.79 Å². The molecule has 0 aliphatic heterocycles. The number of benzene rings is 1. The number of esters is 1. The molecule has 0 fully saturated rings. The first-order chi connectivity index (χ1) is 9.72. The van der Waals surface area contributed by atoms with Gasteiger partial charge in [-0.05, 0) is 32.0 Å². The summed E-state index contributed by atoms with van der Waals surface area (Å²) in [7, 11) is 0. The highest BCUT2D eigenvalue weighted by Crippen LogP contribution is 2.13. The Kier molecular flexibility index (Phi) is 4.76. The van der Waals surface area contributed by atoms with Crippen molar-refractivity contribution in [2.75, 3.05) is 11.9 Å². The van der Waals surface area contributed by atoms with Crippen molar-refractivity contribution in [2.45, 2.75) is 26.9 Å². The zero-order valence-corrected chi connectivity index (χ0v) is 11.8. The number of aromatic nitrogens is 2. The first-order valence-electron chi connectivity index (χ1n) is 6.75. The van der Waals surface area contributed by atoms with Gasteiger partial charge in [-0.1, -0.05) is 6.07 Å². The minimum Gasteiger partial charge on any atom is -0.462 e. The molecule has 1 heterocycles. The number of aryl methyl sites for hydroxylation is 1. The SMILES string of the molecule is CCOC(=O)c1cccc(NCc2cnn(CC)c2)c1. The van der Waals surface area contributed by atoms with Crippen LogP contribution in [0, 0.1) is 0 Å². The van der Waals surface area contributed by atoms with Crippen molar-refractivity contribution >= 4 is 11.7 Å². The maximum absolute atomic E-state index is 11.6. The molecule has 0 bridgehead atoms. The molecule has 0 spiro atoms. The first-order valence-corrected chi connectivity index (χ1v) is 6.75. The summed E-state index contributed by atoms with van der Waals surface area (Å²) < 4.78 is 6.86. The van der Waals surface area contributed by atoms with Crippen LogP contribution in [-0.4, -0.2) is 22.4 Å². The van der Waals surface area contributed by atoms with Crippen molar-refractivity contribution in [3.05, 3.63) is 47.8 Å². The number of hydrogen-bond donors (Lipinski definition) is 1. The standard InChI is InChI=1S/C15H19N3O2/c1-3-18-11-12(10-17-18)9-16-14-7-5-6-13(8-14)15(19)20-4-2/h5-8,10-11,16H,3-4,9H2,1-2H3. The molecule has 5 nitrogen and oxygen atoms in total. The fraction of sp³-hybridized carbons (Fsp3) is 0.333. The van der Waals surface area contributed by atoms with E-state index in [1.54, 1.807) is 19.1 Å². The summed E-state index contributed by atoms with van der Waals surface area (Å²) in [4.78, 5) is 11.6. The van der Waals surface area contributed by atoms with Crippen LogP contribution < -0.4 is 5.32 Å². The zero-order valence-electron chi connectivity index (χ0n) is 11.8. The van der Waals surface area contributed by atoms with E-state index in [4.69, 9.17) is 4.74 Å². The summed E-state index contributed by atoms with van der Waals surface area (Å²) in [5, 5.41) is 7.49. The largest absolute Gasteiger partial charge is 0.462 e. The fourth-order valence-electron chi connectivity index (χ4n) is 1.85. The quantitative estimate of drug-likeness (QED) is 0.822. The summed E-state index contributed by atoms with van der Waals surface area (Å²) in [5.74, 6) is -0.296. The average Bonchev–Trinajstić information content (AvgIpc) is 2.94. The van der Waals surface area contributed by atoms with Crippen molar-refractivity contribution in [2.24, 2.45) is 0 Å². The minimum atomic E-state index is -0.296. The fourth-order valence-corrected chi connectivity index (χ4v) is 1.85. The predicted molar refractivity (Wildman–Crippen MR) is 77.6 cm³/mol. The summed E-state index contributed by atoms with van der Waals surface area (Å²) in [5.41, 5.74) is 2.55. The van der Waals surface area contributed by atoms with Crippen LogP contribution >= 0.6 is 0 Å². The van der Waals surface area contributed by atoms with Crippen LogP contribution in [0.2, 0.25) is 0 Å². The van der Waals surface area contributed by atoms with Gasteiger partial charge in [0.05, 0.1) is 18.4 Å². The monoisotopic (exact) mass is 273 g/mol. The molecule has 1 N–H and O–H groups in total. The highest BCUT2D eigenvalue weighted by Gasteiger charge is 2.06. The van der Waals surface area contributed by atoms with Crippen molar-refractivity contribution in [1.82, 2.24) is 9.78 Å². The molecule has 1 aromatic heterocycles. The summed E-state index contributed by atoms with van der Waals surface area (Å²) in [6.07, 6.45) is 3.84. The molecule has 0 aliphatic carbocycles. The molecule has 0 saturated heterocycles. The Balaban J connectivity index is 1.99. The van der Waals surface area contributed by atoms with Crippen molar-refractivity contribution in [3.8, 4) is 0 Å². The van der Waals surface area contributed by atoms with E-state index in [1.165, 1.54) is 0 Å². The third kappa shape index (κ3) is 3.60. The normalized spacial score (nSPS) is 10.3. The number of nitrogens with zero attached hydrogens (tertiary/aromatic N) is 2. The molecule has 0 saturated carbocycles. The van der Waals surface area contributed by atoms with Crippen LogP contribution in [0.25, 0.3) is 0 Å². The number of ether oxygens (including phenoxy) is 1. The molecule has 0 radical (unpaired) electrons. The van der Waals surface area contributed by atoms with Gasteiger partial charge in [0, 0.05) is 30.5 Å². The molecule has 0 aliphatic rings. The van der Waals surface area contributed by atoms with Crippen LogP contribution in [0.4, 0.5) is 5.69 Å². The van der Waals surface area contributed by atoms with Crippen LogP contribution in [-0.2, 0) is 17.8 Å². The lowest BCUT2D eigenvalue weighted by atomic mass is 10.2. The van der Waals surface area contributed by atoms with Crippen LogP contribution in [0.1, 0.15) is 29.8 Å². The van der Waals surface area contributed by atoms with Gasteiger partial charge in [-0.3, -0.25) is 4.68 Å². The van der Waals surface area contributed by atoms with E-state index < -0.39 is 0 Å². The van der Waals surface area contributed by atoms with Gasteiger partial charge in [-0.15, -0.1) is 0 Å². The van der Waals surface area contributed by atoms with Gasteiger partial charge in [0.25, 0.3) is 0 Å². The number of carbonyl (C=O) groups is 1. The molecule has 0 amide bonds. The van der Waals surface area contributed by atoms with Crippen LogP contribution in [0.3, 0.4) is 0 Å². The lowest BCUT2D eigenvalue weighted by Gasteiger charge is -2.07. The summed E-state index contributed by atoms with van der Waals surface area (Å²) >= 11 is 0. The molecule has 2 rings (SSSR count). The predicted octanol–water partition coefficient (Wildman–Crippen LogP) is 2.69. The summed E-state index contributed by atoms with van der Waals surface area (Å²) in [6.45, 7) is 5.76. The Morgan fingerprint density at radius 2 is 2.25 bits per heavy atom. The van der Waals surface area contributed by atoms with Gasteiger partial charge < -0.3 is 10.1 Å². The number of rotatable bonds is 6. The lowest BCUT2D eigenvalue weighted by molar-refractivity contribution is 0.0526. The number of carbonyl (C=O) groups excluding carboxylic acids is 1. The smallest absolute Gasteiger partial charge is 0.338 e. The highest BCUT2D eigenvalue weighted by molar-refractivity contribution is 5.90. The number of hydrogen-bond acceptors (Lipinski definition) is 4. The minimum absolute atomic E-state index is 0.296. The lowest BCUT2D eigenvalue weighted by Crippen LogP contribution is -2.05. The van der Waals surface area contributed by atoms with E-state index in [0.29, 0.717) is 18.7 Å². The number of nitrogens with one attached hydrogen (secondary N) is 1. The Bertz CT molecular complexity index is 578. The van der Waals surface area contributed by atoms with Gasteiger partial charge >= 0.3 is 5.97 Å². The van der Waals surface area contributed by atoms with Crippen LogP contribution in [0.15, 0.2) is 36.7 Å². The average molecular weight is 273 g/mol. The number of anilines is 1. The molecular formula is C15H19N3O2. The first kappa shape index (κ1) is 14.1. The Labute approximate surface area is 118 Å². The third-order valence-corrected chi connectivity index (χ3v) is 2.88. The molecule has 106 valence electrons. The van der Waals surface area contributed by atoms with Gasteiger partial charge in [0.2, 0.25) is 0 Å². The van der Waals surface area contributed by atoms with Crippen molar-refractivity contribution in [1.29, 1.82) is 0 Å². The molecule has 20 heavy (non-hydrogen) atoms. The topological polar surface area (TPSA) is 56.1 Å². The highest BCUT2D eigenvalue weighted by atomic mass is 16.5. The Hall–Kier alpha value is -2.30. The maximum Gasteiger partial charge on any atom is 0.338 e. The maximum atomic E-state index is 11.6. The van der Waals surface area contributed by atoms with Crippen molar-refractivity contribution < 1.29 is 9.53 Å². The second kappa shape index (κ2) is 6.75. The van der Waals surface area contributed by atoms with E-state index in [0.717, 1.165) is 17.8 Å². The van der Waals surface area contributed by atoms with Gasteiger partial charge in [0.1, 0.15) is 0 Å². The second-order valence-corrected chi connectivity index (χ2v) is 4.36. The Morgan fingerprint density at radius 1 is 1.40 bits per heavy atom. The molecule has 5 heteroatoms. The Morgan fingerprint density at radius 3 is 2.95 bits per heavy atom. The van der Waals surface area contributed by atoms with Gasteiger partial charge in [-0.2, -0.15) is 5.10 Å². The van der Waals surface area contributed by atoms with Crippen LogP contribution in [0.5, 0.6) is 0 Å². The molecule has 0 atom stereocenters. The van der Waals surface area contributed by atoms with Gasteiger partial charge in [-0.25, -0.2) is 4.79 Å². The molecular weight excluding hydrogens is 254 g/mol. The zero-order chi connectivity index (χ0) is 14.4. The summed E-state index contributed by atoms with van der Waals surface area (Å²) in [6, 6.07) is 7.30. The van der Waals surface area contributed by atoms with E-state index in [2.05, 4.69) is 10.4 Å². The van der Waals surface area contributed by atoms with Gasteiger partial charge in [0.15, 0.2) is 0 Å². The van der Waals surface area contributed by atoms with E-state index in [1.807, 2.05) is 36.1 Å². The van der Waals surface area contributed by atoms with E-state index in [-0.39, 0.29) is 5.97 Å². The second-order valence-electron chi connectivity index (χ2n) is 4.36. The third-order valence-electron chi connectivity index (χ3n) is 2.88. The van der Waals surface area contributed by atoms with Crippen molar-refractivity contribution in [3.63, 3.8) is 0 Å². The molecule has 1 aromatic carbocycles. The molecule has 2 aromatic rings. The molecule has 0 unspecified atom stereocenters. The van der Waals surface area contributed by atoms with E-state index >= 15 is 0 Å².